The third-order valence-corrected chi connectivity index (χ3v) is 5.60. The summed E-state index contributed by atoms with van der Waals surface area (Å²) in [6.45, 7) is 19.5. The van der Waals surface area contributed by atoms with E-state index in [0.717, 1.165) is 12.8 Å². The van der Waals surface area contributed by atoms with Crippen molar-refractivity contribution in [1.82, 2.24) is 0 Å². The quantitative estimate of drug-likeness (QED) is 0.472. The molecule has 178 valence electrons. The molecule has 2 fully saturated rings. The zero-order valence-corrected chi connectivity index (χ0v) is 20.7. The first-order valence-electron chi connectivity index (χ1n) is 11.7. The van der Waals surface area contributed by atoms with E-state index in [2.05, 4.69) is 41.5 Å². The highest BCUT2D eigenvalue weighted by molar-refractivity contribution is 4.87. The zero-order valence-electron chi connectivity index (χ0n) is 20.7. The van der Waals surface area contributed by atoms with E-state index in [-0.39, 0.29) is 18.3 Å². The smallest absolute Gasteiger partial charge is 0.166 e. The number of hydrogen-bond acceptors (Lipinski definition) is 6. The molecule has 0 aliphatic carbocycles. The van der Waals surface area contributed by atoms with Gasteiger partial charge in [-0.25, -0.2) is 0 Å². The first kappa shape index (κ1) is 26.0. The van der Waals surface area contributed by atoms with E-state index in [0.29, 0.717) is 43.8 Å². The largest absolute Gasteiger partial charge is 0.366 e. The van der Waals surface area contributed by atoms with Crippen molar-refractivity contribution in [2.75, 3.05) is 13.2 Å². The van der Waals surface area contributed by atoms with Gasteiger partial charge in [0.2, 0.25) is 0 Å². The van der Waals surface area contributed by atoms with Crippen molar-refractivity contribution in [2.24, 2.45) is 17.8 Å². The Morgan fingerprint density at radius 2 is 1.43 bits per heavy atom. The third kappa shape index (κ3) is 8.03. The molecule has 2 aliphatic rings. The normalized spacial score (nSPS) is 35.5. The van der Waals surface area contributed by atoms with Gasteiger partial charge in [0, 0.05) is 25.7 Å². The van der Waals surface area contributed by atoms with Crippen LogP contribution in [0.15, 0.2) is 0 Å². The fourth-order valence-corrected chi connectivity index (χ4v) is 5.00. The molecule has 0 saturated carbocycles. The molecule has 2 saturated heterocycles. The van der Waals surface area contributed by atoms with E-state index >= 15 is 0 Å². The van der Waals surface area contributed by atoms with Gasteiger partial charge in [0.05, 0.1) is 25.4 Å². The monoisotopic (exact) mass is 430 g/mol. The van der Waals surface area contributed by atoms with Crippen LogP contribution >= 0.6 is 0 Å². The average molecular weight is 431 g/mol. The molecule has 2 heterocycles. The number of aliphatic hydroxyl groups is 1. The van der Waals surface area contributed by atoms with Crippen LogP contribution in [0.4, 0.5) is 0 Å². The number of rotatable bonds is 11. The minimum absolute atomic E-state index is 0.103. The van der Waals surface area contributed by atoms with Crippen molar-refractivity contribution in [2.45, 2.75) is 124 Å². The molecular weight excluding hydrogens is 384 g/mol. The summed E-state index contributed by atoms with van der Waals surface area (Å²) in [5.74, 6) is -1.17. The lowest BCUT2D eigenvalue weighted by atomic mass is 10.0. The van der Waals surface area contributed by atoms with E-state index in [1.54, 1.807) is 6.92 Å². The van der Waals surface area contributed by atoms with Gasteiger partial charge in [0.1, 0.15) is 6.10 Å². The topological polar surface area (TPSA) is 66.4 Å². The van der Waals surface area contributed by atoms with Gasteiger partial charge in [0.15, 0.2) is 17.4 Å². The Morgan fingerprint density at radius 3 is 1.97 bits per heavy atom. The van der Waals surface area contributed by atoms with Gasteiger partial charge in [-0.1, -0.05) is 41.5 Å². The standard InChI is InChI=1S/C24H46O6/c1-16(2)11-22(7,25)29-20(21-15-27-24(9,30-21)13-18(5)6)10-19-14-26-23(8,28-19)12-17(3)4/h16-21,25H,10-15H2,1-9H3. The molecule has 0 aromatic carbocycles. The molecule has 6 unspecified atom stereocenters. The molecular formula is C24H46O6. The molecule has 1 N–H and O–H groups in total. The van der Waals surface area contributed by atoms with E-state index in [9.17, 15) is 5.11 Å². The lowest BCUT2D eigenvalue weighted by Crippen LogP contribution is -2.44. The summed E-state index contributed by atoms with van der Waals surface area (Å²) in [6, 6.07) is 0. The Bertz CT molecular complexity index is 534. The highest BCUT2D eigenvalue weighted by Crippen LogP contribution is 2.37. The molecule has 6 heteroatoms. The number of hydrogen-bond donors (Lipinski definition) is 1. The molecule has 0 aromatic rings. The van der Waals surface area contributed by atoms with Crippen LogP contribution < -0.4 is 0 Å². The first-order chi connectivity index (χ1) is 13.7. The van der Waals surface area contributed by atoms with Gasteiger partial charge >= 0.3 is 0 Å². The minimum Gasteiger partial charge on any atom is -0.366 e. The highest BCUT2D eigenvalue weighted by Gasteiger charge is 2.46. The molecule has 0 aromatic heterocycles. The molecule has 6 atom stereocenters. The van der Waals surface area contributed by atoms with Crippen molar-refractivity contribution in [3.05, 3.63) is 0 Å². The van der Waals surface area contributed by atoms with E-state index in [4.69, 9.17) is 23.7 Å². The summed E-state index contributed by atoms with van der Waals surface area (Å²) in [5.41, 5.74) is 0. The lowest BCUT2D eigenvalue weighted by Gasteiger charge is -2.35. The Kier molecular flexibility index (Phi) is 8.79. The maximum Gasteiger partial charge on any atom is 0.166 e. The fourth-order valence-electron chi connectivity index (χ4n) is 5.00. The maximum absolute atomic E-state index is 10.9. The van der Waals surface area contributed by atoms with E-state index in [1.165, 1.54) is 0 Å². The number of ether oxygens (including phenoxy) is 5. The summed E-state index contributed by atoms with van der Waals surface area (Å²) in [7, 11) is 0. The Morgan fingerprint density at radius 1 is 0.900 bits per heavy atom. The van der Waals surface area contributed by atoms with Crippen LogP contribution in [-0.2, 0) is 23.7 Å². The first-order valence-corrected chi connectivity index (χ1v) is 11.7. The van der Waals surface area contributed by atoms with Crippen LogP contribution in [0.25, 0.3) is 0 Å². The third-order valence-electron chi connectivity index (χ3n) is 5.60. The average Bonchev–Trinajstić information content (AvgIpc) is 3.07. The van der Waals surface area contributed by atoms with Gasteiger partial charge in [-0.3, -0.25) is 0 Å². The molecule has 0 spiro atoms. The molecule has 2 aliphatic heterocycles. The Hall–Kier alpha value is -0.240. The molecule has 0 bridgehead atoms. The predicted octanol–water partition coefficient (Wildman–Crippen LogP) is 4.87. The summed E-state index contributed by atoms with van der Waals surface area (Å²) in [4.78, 5) is 0. The summed E-state index contributed by atoms with van der Waals surface area (Å²) in [5, 5.41) is 10.9. The van der Waals surface area contributed by atoms with Crippen molar-refractivity contribution < 1.29 is 28.8 Å². The van der Waals surface area contributed by atoms with E-state index < -0.39 is 17.4 Å². The second kappa shape index (κ2) is 10.1. The lowest BCUT2D eigenvalue weighted by molar-refractivity contribution is -0.259. The van der Waals surface area contributed by atoms with E-state index in [1.807, 2.05) is 13.8 Å². The SMILES string of the molecule is CC(C)CC(C)(O)OC(CC1COC(C)(CC(C)C)O1)C1COC(C)(CC(C)C)O1. The Balaban J connectivity index is 2.09. The second-order valence-electron chi connectivity index (χ2n) is 11.1. The molecule has 0 radical (unpaired) electrons. The van der Waals surface area contributed by atoms with Crippen LogP contribution in [-0.4, -0.2) is 54.0 Å². The summed E-state index contributed by atoms with van der Waals surface area (Å²) in [6.07, 6.45) is 2.09. The second-order valence-corrected chi connectivity index (χ2v) is 11.1. The van der Waals surface area contributed by atoms with Gasteiger partial charge in [-0.05, 0) is 38.5 Å². The summed E-state index contributed by atoms with van der Waals surface area (Å²) < 4.78 is 30.9. The van der Waals surface area contributed by atoms with Crippen molar-refractivity contribution in [3.63, 3.8) is 0 Å². The van der Waals surface area contributed by atoms with Crippen LogP contribution in [0.3, 0.4) is 0 Å². The molecule has 0 amide bonds. The van der Waals surface area contributed by atoms with Crippen LogP contribution in [0.2, 0.25) is 0 Å². The fraction of sp³-hybridized carbons (Fsp3) is 1.00. The minimum atomic E-state index is -1.24. The van der Waals surface area contributed by atoms with Gasteiger partial charge in [-0.2, -0.15) is 0 Å². The highest BCUT2D eigenvalue weighted by atomic mass is 16.8. The van der Waals surface area contributed by atoms with Gasteiger partial charge in [0.25, 0.3) is 0 Å². The van der Waals surface area contributed by atoms with Gasteiger partial charge < -0.3 is 28.8 Å². The predicted molar refractivity (Wildman–Crippen MR) is 117 cm³/mol. The van der Waals surface area contributed by atoms with Crippen molar-refractivity contribution in [3.8, 4) is 0 Å². The summed E-state index contributed by atoms with van der Waals surface area (Å²) >= 11 is 0. The maximum atomic E-state index is 10.9. The Labute approximate surface area is 183 Å². The molecule has 30 heavy (non-hydrogen) atoms. The molecule has 6 nitrogen and oxygen atoms in total. The van der Waals surface area contributed by atoms with Crippen molar-refractivity contribution >= 4 is 0 Å². The van der Waals surface area contributed by atoms with Crippen LogP contribution in [0, 0.1) is 17.8 Å². The van der Waals surface area contributed by atoms with Crippen LogP contribution in [0.5, 0.6) is 0 Å². The molecule has 2 rings (SSSR count). The van der Waals surface area contributed by atoms with Gasteiger partial charge in [-0.15, -0.1) is 0 Å². The van der Waals surface area contributed by atoms with Crippen molar-refractivity contribution in [1.29, 1.82) is 0 Å². The zero-order chi connectivity index (χ0) is 22.7. The van der Waals surface area contributed by atoms with Crippen LogP contribution in [0.1, 0.15) is 88.0 Å².